The Morgan fingerprint density at radius 3 is 3.00 bits per heavy atom. The number of nitrogens with zero attached hydrogens (tertiary/aromatic N) is 2. The van der Waals surface area contributed by atoms with E-state index in [1.54, 1.807) is 0 Å². The second-order valence-electron chi connectivity index (χ2n) is 3.87. The molecule has 5 nitrogen and oxygen atoms in total. The summed E-state index contributed by atoms with van der Waals surface area (Å²) in [6.07, 6.45) is 3.52. The molecule has 1 saturated carbocycles. The van der Waals surface area contributed by atoms with Gasteiger partial charge in [-0.25, -0.2) is 0 Å². The van der Waals surface area contributed by atoms with Crippen molar-refractivity contribution in [3.05, 3.63) is 34.1 Å². The lowest BCUT2D eigenvalue weighted by molar-refractivity contribution is -0.385. The number of hydrogen-bond acceptors (Lipinski definition) is 4. The van der Waals surface area contributed by atoms with E-state index in [-0.39, 0.29) is 5.69 Å². The first-order chi connectivity index (χ1) is 7.16. The molecule has 1 fully saturated rings. The Bertz CT molecular complexity index is 377. The van der Waals surface area contributed by atoms with E-state index >= 15 is 0 Å². The SMILES string of the molecule is O=[N+]([O-])c1ccnc(CC(O)C2CC2)c1. The summed E-state index contributed by atoms with van der Waals surface area (Å²) in [6.45, 7) is 0. The van der Waals surface area contributed by atoms with Crippen molar-refractivity contribution < 1.29 is 10.0 Å². The molecule has 0 aliphatic heterocycles. The Balaban J connectivity index is 2.07. The normalized spacial score (nSPS) is 17.4. The summed E-state index contributed by atoms with van der Waals surface area (Å²) in [7, 11) is 0. The minimum Gasteiger partial charge on any atom is -0.392 e. The summed E-state index contributed by atoms with van der Waals surface area (Å²) in [5.74, 6) is 0.367. The van der Waals surface area contributed by atoms with E-state index in [9.17, 15) is 15.2 Å². The molecule has 1 unspecified atom stereocenters. The molecule has 1 atom stereocenters. The van der Waals surface area contributed by atoms with E-state index in [4.69, 9.17) is 0 Å². The van der Waals surface area contributed by atoms with Crippen LogP contribution in [0.3, 0.4) is 0 Å². The molecule has 1 aliphatic rings. The average Bonchev–Trinajstić information content (AvgIpc) is 3.01. The minimum absolute atomic E-state index is 0.0306. The maximum absolute atomic E-state index is 10.5. The first kappa shape index (κ1) is 10.0. The van der Waals surface area contributed by atoms with Crippen molar-refractivity contribution in [1.82, 2.24) is 4.98 Å². The average molecular weight is 208 g/mol. The van der Waals surface area contributed by atoms with Gasteiger partial charge in [-0.2, -0.15) is 0 Å². The van der Waals surface area contributed by atoms with E-state index in [2.05, 4.69) is 4.98 Å². The fourth-order valence-corrected chi connectivity index (χ4v) is 1.55. The van der Waals surface area contributed by atoms with Crippen molar-refractivity contribution >= 4 is 5.69 Å². The number of hydrogen-bond donors (Lipinski definition) is 1. The number of pyridine rings is 1. The lowest BCUT2D eigenvalue weighted by Crippen LogP contribution is -2.13. The maximum Gasteiger partial charge on any atom is 0.272 e. The van der Waals surface area contributed by atoms with Crippen LogP contribution < -0.4 is 0 Å². The molecule has 2 rings (SSSR count). The van der Waals surface area contributed by atoms with Crippen LogP contribution in [0.5, 0.6) is 0 Å². The van der Waals surface area contributed by atoms with Crippen molar-refractivity contribution in [3.63, 3.8) is 0 Å². The molecule has 0 aromatic carbocycles. The highest BCUT2D eigenvalue weighted by Crippen LogP contribution is 2.33. The second-order valence-corrected chi connectivity index (χ2v) is 3.87. The van der Waals surface area contributed by atoms with Gasteiger partial charge < -0.3 is 5.11 Å². The van der Waals surface area contributed by atoms with Crippen molar-refractivity contribution in [2.75, 3.05) is 0 Å². The van der Waals surface area contributed by atoms with E-state index in [0.29, 0.717) is 18.0 Å². The zero-order chi connectivity index (χ0) is 10.8. The third-order valence-corrected chi connectivity index (χ3v) is 2.60. The smallest absolute Gasteiger partial charge is 0.272 e. The topological polar surface area (TPSA) is 76.3 Å². The van der Waals surface area contributed by atoms with E-state index in [1.165, 1.54) is 18.3 Å². The highest BCUT2D eigenvalue weighted by molar-refractivity contribution is 5.29. The second kappa shape index (κ2) is 3.94. The quantitative estimate of drug-likeness (QED) is 0.597. The molecule has 5 heteroatoms. The number of rotatable bonds is 4. The van der Waals surface area contributed by atoms with Crippen LogP contribution in [0.15, 0.2) is 18.3 Å². The van der Waals surface area contributed by atoms with Crippen LogP contribution in [0.25, 0.3) is 0 Å². The monoisotopic (exact) mass is 208 g/mol. The van der Waals surface area contributed by atoms with Gasteiger partial charge in [-0.15, -0.1) is 0 Å². The van der Waals surface area contributed by atoms with Crippen LogP contribution in [0, 0.1) is 16.0 Å². The third-order valence-electron chi connectivity index (χ3n) is 2.60. The molecule has 80 valence electrons. The third kappa shape index (κ3) is 2.50. The Hall–Kier alpha value is -1.49. The minimum atomic E-state index is -0.450. The fourth-order valence-electron chi connectivity index (χ4n) is 1.55. The van der Waals surface area contributed by atoms with E-state index in [0.717, 1.165) is 12.8 Å². The van der Waals surface area contributed by atoms with Gasteiger partial charge in [0.2, 0.25) is 0 Å². The van der Waals surface area contributed by atoms with Crippen molar-refractivity contribution in [3.8, 4) is 0 Å². The molecule has 1 N–H and O–H groups in total. The fraction of sp³-hybridized carbons (Fsp3) is 0.500. The molecule has 1 aliphatic carbocycles. The van der Waals surface area contributed by atoms with Gasteiger partial charge in [0, 0.05) is 30.4 Å². The van der Waals surface area contributed by atoms with Gasteiger partial charge in [0.15, 0.2) is 0 Å². The van der Waals surface area contributed by atoms with Gasteiger partial charge >= 0.3 is 0 Å². The first-order valence-electron chi connectivity index (χ1n) is 4.94. The number of aliphatic hydroxyl groups excluding tert-OH is 1. The van der Waals surface area contributed by atoms with E-state index in [1.807, 2.05) is 0 Å². The molecule has 1 heterocycles. The highest BCUT2D eigenvalue weighted by Gasteiger charge is 2.30. The largest absolute Gasteiger partial charge is 0.392 e. The summed E-state index contributed by atoms with van der Waals surface area (Å²) in [5.41, 5.74) is 0.617. The van der Waals surface area contributed by atoms with Crippen LogP contribution in [0.1, 0.15) is 18.5 Å². The summed E-state index contributed by atoms with van der Waals surface area (Å²) in [4.78, 5) is 14.1. The number of aromatic nitrogens is 1. The predicted octanol–water partition coefficient (Wildman–Crippen LogP) is 1.30. The molecule has 0 amide bonds. The van der Waals surface area contributed by atoms with Crippen LogP contribution in [0.4, 0.5) is 5.69 Å². The van der Waals surface area contributed by atoms with Crippen molar-refractivity contribution in [2.45, 2.75) is 25.4 Å². The molecule has 0 radical (unpaired) electrons. The van der Waals surface area contributed by atoms with Crippen LogP contribution >= 0.6 is 0 Å². The summed E-state index contributed by atoms with van der Waals surface area (Å²) in [5, 5.41) is 20.2. The molecule has 1 aromatic heterocycles. The van der Waals surface area contributed by atoms with Gasteiger partial charge in [-0.3, -0.25) is 15.1 Å². The van der Waals surface area contributed by atoms with Gasteiger partial charge in [0.25, 0.3) is 5.69 Å². The van der Waals surface area contributed by atoms with Crippen LogP contribution in [-0.4, -0.2) is 21.1 Å². The molecule has 1 aromatic rings. The summed E-state index contributed by atoms with van der Waals surface area (Å²) >= 11 is 0. The Labute approximate surface area is 86.9 Å². The Morgan fingerprint density at radius 1 is 1.67 bits per heavy atom. The Morgan fingerprint density at radius 2 is 2.40 bits per heavy atom. The van der Waals surface area contributed by atoms with Crippen molar-refractivity contribution in [1.29, 1.82) is 0 Å². The zero-order valence-electron chi connectivity index (χ0n) is 8.17. The van der Waals surface area contributed by atoms with Crippen molar-refractivity contribution in [2.24, 2.45) is 5.92 Å². The maximum atomic E-state index is 10.5. The highest BCUT2D eigenvalue weighted by atomic mass is 16.6. The van der Waals surface area contributed by atoms with Gasteiger partial charge in [-0.1, -0.05) is 0 Å². The predicted molar refractivity (Wildman–Crippen MR) is 53.3 cm³/mol. The molecular formula is C10H12N2O3. The molecule has 0 spiro atoms. The standard InChI is InChI=1S/C10H12N2O3/c13-10(7-1-2-7)6-8-5-9(12(14)15)3-4-11-8/h3-5,7,10,13H,1-2,6H2. The molecule has 0 saturated heterocycles. The Kier molecular flexibility index (Phi) is 2.64. The number of nitro groups is 1. The molecule has 0 bridgehead atoms. The summed E-state index contributed by atoms with van der Waals surface area (Å²) < 4.78 is 0. The van der Waals surface area contributed by atoms with E-state index < -0.39 is 11.0 Å². The first-order valence-corrected chi connectivity index (χ1v) is 4.94. The molecular weight excluding hydrogens is 196 g/mol. The lowest BCUT2D eigenvalue weighted by atomic mass is 10.1. The lowest BCUT2D eigenvalue weighted by Gasteiger charge is -2.07. The van der Waals surface area contributed by atoms with Gasteiger partial charge in [-0.05, 0) is 18.8 Å². The van der Waals surface area contributed by atoms with Crippen LogP contribution in [0.2, 0.25) is 0 Å². The van der Waals surface area contributed by atoms with Crippen LogP contribution in [-0.2, 0) is 6.42 Å². The number of aliphatic hydroxyl groups is 1. The zero-order valence-corrected chi connectivity index (χ0v) is 8.17. The summed E-state index contributed by atoms with van der Waals surface area (Å²) in [6, 6.07) is 2.78. The van der Waals surface area contributed by atoms with Gasteiger partial charge in [0.1, 0.15) is 0 Å². The van der Waals surface area contributed by atoms with Gasteiger partial charge in [0.05, 0.1) is 11.0 Å². The molecule has 15 heavy (non-hydrogen) atoms.